The Morgan fingerprint density at radius 3 is 2.83 bits per heavy atom. The van der Waals surface area contributed by atoms with Crippen molar-refractivity contribution < 1.29 is 9.13 Å². The fourth-order valence-corrected chi connectivity index (χ4v) is 2.81. The van der Waals surface area contributed by atoms with Gasteiger partial charge in [0.25, 0.3) is 0 Å². The van der Waals surface area contributed by atoms with Gasteiger partial charge in [-0.1, -0.05) is 0 Å². The molecule has 0 saturated carbocycles. The Morgan fingerprint density at radius 2 is 2.09 bits per heavy atom. The molecule has 3 rings (SSSR count). The summed E-state index contributed by atoms with van der Waals surface area (Å²) in [7, 11) is 1.78. The zero-order chi connectivity index (χ0) is 16.1. The van der Waals surface area contributed by atoms with E-state index in [1.807, 2.05) is 30.4 Å². The molecule has 118 valence electrons. The molecule has 23 heavy (non-hydrogen) atoms. The quantitative estimate of drug-likeness (QED) is 0.747. The molecule has 2 aromatic heterocycles. The third-order valence-corrected chi connectivity index (χ3v) is 4.04. The number of nitrogens with one attached hydrogen (secondary N) is 1. The first-order valence-corrected chi connectivity index (χ1v) is 7.87. The molecule has 3 aromatic rings. The first kappa shape index (κ1) is 15.4. The van der Waals surface area contributed by atoms with Gasteiger partial charge in [0.15, 0.2) is 0 Å². The highest BCUT2D eigenvalue weighted by Crippen LogP contribution is 2.27. The van der Waals surface area contributed by atoms with Crippen molar-refractivity contribution >= 4 is 39.7 Å². The molecule has 0 radical (unpaired) electrons. The number of benzene rings is 1. The Hall–Kier alpha value is -2.54. The van der Waals surface area contributed by atoms with Gasteiger partial charge in [-0.25, -0.2) is 19.3 Å². The van der Waals surface area contributed by atoms with Gasteiger partial charge in [-0.3, -0.25) is 0 Å². The highest BCUT2D eigenvalue weighted by molar-refractivity contribution is 7.19. The van der Waals surface area contributed by atoms with Crippen molar-refractivity contribution in [3.8, 4) is 5.75 Å². The third-order valence-electron chi connectivity index (χ3n) is 3.04. The van der Waals surface area contributed by atoms with Crippen LogP contribution in [0.3, 0.4) is 0 Å². The Labute approximate surface area is 136 Å². The highest BCUT2D eigenvalue weighted by Gasteiger charge is 2.03. The van der Waals surface area contributed by atoms with Gasteiger partial charge in [-0.2, -0.15) is 0 Å². The van der Waals surface area contributed by atoms with Gasteiger partial charge >= 0.3 is 0 Å². The predicted octanol–water partition coefficient (Wildman–Crippen LogP) is 3.65. The molecule has 0 bridgehead atoms. The summed E-state index contributed by atoms with van der Waals surface area (Å²) in [6.45, 7) is -0.442. The van der Waals surface area contributed by atoms with Crippen LogP contribution in [0.1, 0.15) is 10.6 Å². The van der Waals surface area contributed by atoms with E-state index in [9.17, 15) is 4.39 Å². The lowest BCUT2D eigenvalue weighted by Gasteiger charge is -2.01. The number of ether oxygens (including phenoxy) is 1. The van der Waals surface area contributed by atoms with Crippen LogP contribution in [0.25, 0.3) is 22.4 Å². The molecule has 0 aliphatic carbocycles. The normalized spacial score (nSPS) is 11.2. The molecule has 0 unspecified atom stereocenters. The van der Waals surface area contributed by atoms with Gasteiger partial charge in [-0.05, 0) is 24.3 Å². The number of thiazole rings is 1. The molecule has 0 amide bonds. The summed E-state index contributed by atoms with van der Waals surface area (Å²) in [5.41, 5.74) is 1.74. The molecule has 0 saturated heterocycles. The van der Waals surface area contributed by atoms with Gasteiger partial charge in [0.1, 0.15) is 24.0 Å². The highest BCUT2D eigenvalue weighted by atomic mass is 32.1. The van der Waals surface area contributed by atoms with E-state index in [0.29, 0.717) is 11.7 Å². The van der Waals surface area contributed by atoms with Crippen LogP contribution in [0.4, 0.5) is 10.3 Å². The summed E-state index contributed by atoms with van der Waals surface area (Å²) in [5.74, 6) is 1.22. The van der Waals surface area contributed by atoms with Gasteiger partial charge in [0.05, 0.1) is 10.2 Å². The lowest BCUT2D eigenvalue weighted by Crippen LogP contribution is -1.97. The van der Waals surface area contributed by atoms with Crippen LogP contribution in [-0.4, -0.2) is 35.3 Å². The second kappa shape index (κ2) is 7.15. The van der Waals surface area contributed by atoms with Crippen molar-refractivity contribution in [2.75, 3.05) is 25.6 Å². The number of alkyl halides is 1. The minimum Gasteiger partial charge on any atom is -0.491 e. The molecule has 1 aromatic carbocycles. The van der Waals surface area contributed by atoms with E-state index >= 15 is 0 Å². The molecule has 0 aliphatic heterocycles. The average Bonchev–Trinajstić information content (AvgIpc) is 3.00. The molecule has 1 N–H and O–H groups in total. The summed E-state index contributed by atoms with van der Waals surface area (Å²) >= 11 is 1.58. The maximum atomic E-state index is 12.1. The standard InChI is InChI=1S/C16H15FN4OS/c1-18-16-19-9-11(10-20-16)2-5-15-21-13-8-12(22-7-6-17)3-4-14(13)23-15/h2-5,8-10H,6-7H2,1H3,(H,18,19,20)/b5-2+. The molecule has 0 fully saturated rings. The monoisotopic (exact) mass is 330 g/mol. The summed E-state index contributed by atoms with van der Waals surface area (Å²) in [5, 5.41) is 3.75. The molecular formula is C16H15FN4OS. The number of aromatic nitrogens is 3. The summed E-state index contributed by atoms with van der Waals surface area (Å²) in [6, 6.07) is 5.58. The minimum absolute atomic E-state index is 0.0605. The number of hydrogen-bond donors (Lipinski definition) is 1. The fourth-order valence-electron chi connectivity index (χ4n) is 1.96. The lowest BCUT2D eigenvalue weighted by molar-refractivity contribution is 0.273. The van der Waals surface area contributed by atoms with Gasteiger partial charge in [-0.15, -0.1) is 11.3 Å². The Bertz CT molecular complexity index is 817. The number of halogens is 1. The molecule has 2 heterocycles. The zero-order valence-electron chi connectivity index (χ0n) is 12.5. The van der Waals surface area contributed by atoms with Crippen molar-refractivity contribution in [1.29, 1.82) is 0 Å². The van der Waals surface area contributed by atoms with Gasteiger partial charge in [0, 0.05) is 31.1 Å². The van der Waals surface area contributed by atoms with Crippen LogP contribution in [0.5, 0.6) is 5.75 Å². The van der Waals surface area contributed by atoms with Crippen molar-refractivity contribution in [2.45, 2.75) is 0 Å². The predicted molar refractivity (Wildman–Crippen MR) is 91.6 cm³/mol. The van der Waals surface area contributed by atoms with Crippen LogP contribution in [0.2, 0.25) is 0 Å². The van der Waals surface area contributed by atoms with Gasteiger partial charge in [0.2, 0.25) is 5.95 Å². The van der Waals surface area contributed by atoms with E-state index in [2.05, 4.69) is 20.3 Å². The van der Waals surface area contributed by atoms with E-state index in [0.717, 1.165) is 20.8 Å². The summed E-state index contributed by atoms with van der Waals surface area (Å²) < 4.78 is 18.5. The number of anilines is 1. The summed E-state index contributed by atoms with van der Waals surface area (Å²) in [4.78, 5) is 12.8. The number of fused-ring (bicyclic) bond motifs is 1. The van der Waals surface area contributed by atoms with Gasteiger partial charge < -0.3 is 10.1 Å². The molecule has 0 aliphatic rings. The van der Waals surface area contributed by atoms with E-state index in [1.165, 1.54) is 0 Å². The molecule has 0 spiro atoms. The van der Waals surface area contributed by atoms with Crippen LogP contribution in [-0.2, 0) is 0 Å². The largest absolute Gasteiger partial charge is 0.491 e. The van der Waals surface area contributed by atoms with E-state index in [-0.39, 0.29) is 6.61 Å². The Kier molecular flexibility index (Phi) is 4.77. The Morgan fingerprint density at radius 1 is 1.26 bits per heavy atom. The number of rotatable bonds is 6. The van der Waals surface area contributed by atoms with Crippen LogP contribution in [0, 0.1) is 0 Å². The lowest BCUT2D eigenvalue weighted by atomic mass is 10.3. The van der Waals surface area contributed by atoms with E-state index < -0.39 is 6.67 Å². The van der Waals surface area contributed by atoms with Crippen molar-refractivity contribution in [3.05, 3.63) is 41.2 Å². The van der Waals surface area contributed by atoms with Crippen LogP contribution in [0.15, 0.2) is 30.6 Å². The minimum atomic E-state index is -0.502. The smallest absolute Gasteiger partial charge is 0.222 e. The van der Waals surface area contributed by atoms with E-state index in [4.69, 9.17) is 4.74 Å². The second-order valence-electron chi connectivity index (χ2n) is 4.64. The van der Waals surface area contributed by atoms with E-state index in [1.54, 1.807) is 30.8 Å². The molecule has 5 nitrogen and oxygen atoms in total. The number of nitrogens with zero attached hydrogens (tertiary/aromatic N) is 3. The maximum absolute atomic E-state index is 12.1. The zero-order valence-corrected chi connectivity index (χ0v) is 13.3. The van der Waals surface area contributed by atoms with Crippen LogP contribution >= 0.6 is 11.3 Å². The molecular weight excluding hydrogens is 315 g/mol. The third kappa shape index (κ3) is 3.81. The topological polar surface area (TPSA) is 59.9 Å². The first-order valence-electron chi connectivity index (χ1n) is 7.06. The van der Waals surface area contributed by atoms with Crippen molar-refractivity contribution in [2.24, 2.45) is 0 Å². The Balaban J connectivity index is 1.77. The first-order chi connectivity index (χ1) is 11.3. The van der Waals surface area contributed by atoms with Crippen LogP contribution < -0.4 is 10.1 Å². The van der Waals surface area contributed by atoms with Crippen molar-refractivity contribution in [1.82, 2.24) is 15.0 Å². The summed E-state index contributed by atoms with van der Waals surface area (Å²) in [6.07, 6.45) is 7.32. The second-order valence-corrected chi connectivity index (χ2v) is 5.70. The average molecular weight is 330 g/mol. The fraction of sp³-hybridized carbons (Fsp3) is 0.188. The number of hydrogen-bond acceptors (Lipinski definition) is 6. The maximum Gasteiger partial charge on any atom is 0.222 e. The van der Waals surface area contributed by atoms with Crippen molar-refractivity contribution in [3.63, 3.8) is 0 Å². The SMILES string of the molecule is CNc1ncc(/C=C/c2nc3cc(OCCF)ccc3s2)cn1. The molecule has 0 atom stereocenters. The molecule has 7 heteroatoms.